The molecular weight excluding hydrogens is 329 g/mol. The molecule has 3 aromatic rings. The van der Waals surface area contributed by atoms with E-state index >= 15 is 0 Å². The number of nitrogens with zero attached hydrogens (tertiary/aromatic N) is 1. The van der Waals surface area contributed by atoms with E-state index in [1.54, 1.807) is 0 Å². The lowest BCUT2D eigenvalue weighted by molar-refractivity contribution is 0.368. The molecule has 3 rings (SSSR count). The summed E-state index contributed by atoms with van der Waals surface area (Å²) in [5.41, 5.74) is 3.76. The van der Waals surface area contributed by atoms with Gasteiger partial charge in [-0.05, 0) is 36.4 Å². The molecule has 0 aliphatic rings. The predicted molar refractivity (Wildman–Crippen MR) is 97.7 cm³/mol. The Balaban J connectivity index is 0.000000501. The van der Waals surface area contributed by atoms with Crippen LogP contribution in [0.2, 0.25) is 0 Å². The van der Waals surface area contributed by atoms with E-state index < -0.39 is 7.25 Å². The van der Waals surface area contributed by atoms with Gasteiger partial charge in [0.25, 0.3) is 0 Å². The second-order valence-electron chi connectivity index (χ2n) is 5.51. The first kappa shape index (κ1) is 18.7. The SMILES string of the molecule is C[N+](c1ccccc1)(c1ccccc1)c1ccccc1.F[B-](F)(F)F.[H+]. The van der Waals surface area contributed by atoms with E-state index in [1.165, 1.54) is 17.1 Å². The fourth-order valence-corrected chi connectivity index (χ4v) is 2.63. The average Bonchev–Trinajstić information content (AvgIpc) is 2.62. The maximum Gasteiger partial charge on any atom is 1.00 e. The van der Waals surface area contributed by atoms with Crippen LogP contribution in [0.3, 0.4) is 0 Å². The molecular formula is C19H19BF4N+. The van der Waals surface area contributed by atoms with Crippen LogP contribution < -0.4 is 4.48 Å². The summed E-state index contributed by atoms with van der Waals surface area (Å²) in [4.78, 5) is 0. The summed E-state index contributed by atoms with van der Waals surface area (Å²) in [7, 11) is -3.76. The molecule has 0 N–H and O–H groups in total. The quantitative estimate of drug-likeness (QED) is 0.281. The molecule has 130 valence electrons. The van der Waals surface area contributed by atoms with Gasteiger partial charge in [-0.1, -0.05) is 54.6 Å². The molecule has 6 heteroatoms. The number of quaternary nitrogens is 1. The van der Waals surface area contributed by atoms with Crippen molar-refractivity contribution in [2.24, 2.45) is 0 Å². The van der Waals surface area contributed by atoms with Crippen LogP contribution in [0.1, 0.15) is 1.43 Å². The van der Waals surface area contributed by atoms with Crippen LogP contribution in [-0.2, 0) is 0 Å². The van der Waals surface area contributed by atoms with Gasteiger partial charge >= 0.3 is 8.68 Å². The predicted octanol–water partition coefficient (Wildman–Crippen LogP) is 6.70. The molecule has 0 unspecified atom stereocenters. The summed E-state index contributed by atoms with van der Waals surface area (Å²) in [6.45, 7) is 0. The fourth-order valence-electron chi connectivity index (χ4n) is 2.63. The molecule has 0 bridgehead atoms. The highest BCUT2D eigenvalue weighted by Crippen LogP contribution is 2.41. The van der Waals surface area contributed by atoms with E-state index in [4.69, 9.17) is 0 Å². The first-order valence-corrected chi connectivity index (χ1v) is 7.72. The maximum absolute atomic E-state index is 9.75. The third-order valence-electron chi connectivity index (χ3n) is 3.82. The molecule has 0 aliphatic carbocycles. The second-order valence-corrected chi connectivity index (χ2v) is 5.51. The van der Waals surface area contributed by atoms with Gasteiger partial charge in [-0.25, -0.2) is 4.48 Å². The Hall–Kier alpha value is -2.60. The van der Waals surface area contributed by atoms with E-state index in [0.717, 1.165) is 0 Å². The molecule has 0 saturated carbocycles. The van der Waals surface area contributed by atoms with E-state index in [0.29, 0.717) is 4.48 Å². The molecule has 0 aliphatic heterocycles. The Labute approximate surface area is 146 Å². The second kappa shape index (κ2) is 7.99. The fraction of sp³-hybridized carbons (Fsp3) is 0.0526. The highest BCUT2D eigenvalue weighted by Gasteiger charge is 2.30. The number of rotatable bonds is 3. The van der Waals surface area contributed by atoms with Crippen molar-refractivity contribution < 1.29 is 18.7 Å². The largest absolute Gasteiger partial charge is 1.00 e. The van der Waals surface area contributed by atoms with Gasteiger partial charge in [0, 0.05) is 0 Å². The molecule has 1 nitrogen and oxygen atoms in total. The smallest absolute Gasteiger partial charge is 0.418 e. The number of hydrogen-bond donors (Lipinski definition) is 0. The van der Waals surface area contributed by atoms with Crippen molar-refractivity contribution in [1.82, 2.24) is 4.48 Å². The van der Waals surface area contributed by atoms with Crippen molar-refractivity contribution in [2.75, 3.05) is 7.05 Å². The van der Waals surface area contributed by atoms with Crippen LogP contribution in [0.15, 0.2) is 91.0 Å². The molecule has 3 aromatic carbocycles. The van der Waals surface area contributed by atoms with Gasteiger partial charge in [0.05, 0.1) is 7.05 Å². The highest BCUT2D eigenvalue weighted by molar-refractivity contribution is 6.50. The van der Waals surface area contributed by atoms with Gasteiger partial charge < -0.3 is 17.3 Å². The zero-order valence-corrected chi connectivity index (χ0v) is 13.7. The third-order valence-corrected chi connectivity index (χ3v) is 3.82. The highest BCUT2D eigenvalue weighted by atomic mass is 19.5. The lowest BCUT2D eigenvalue weighted by Crippen LogP contribution is -2.33. The first-order valence-electron chi connectivity index (χ1n) is 7.72. The van der Waals surface area contributed by atoms with Gasteiger partial charge in [0.15, 0.2) is 0 Å². The Kier molecular flexibility index (Phi) is 5.99. The zero-order chi connectivity index (χ0) is 18.3. The van der Waals surface area contributed by atoms with Gasteiger partial charge in [0.1, 0.15) is 17.1 Å². The molecule has 0 atom stereocenters. The van der Waals surface area contributed by atoms with Crippen LogP contribution in [0.25, 0.3) is 0 Å². The van der Waals surface area contributed by atoms with Crippen molar-refractivity contribution in [3.8, 4) is 0 Å². The van der Waals surface area contributed by atoms with Crippen LogP contribution in [-0.4, -0.2) is 14.3 Å². The standard InChI is InChI=1S/C19H18N.BF4/c1-20(17-11-5-2-6-12-17,18-13-7-3-8-14-18)19-15-9-4-10-16-19;2-1(3,4)5/h2-16H,1H3;/q+1;-1/p+1. The number of para-hydroxylation sites is 3. The van der Waals surface area contributed by atoms with Gasteiger partial charge in [0.2, 0.25) is 0 Å². The van der Waals surface area contributed by atoms with Crippen molar-refractivity contribution in [3.05, 3.63) is 91.0 Å². The summed E-state index contributed by atoms with van der Waals surface area (Å²) in [6, 6.07) is 31.8. The average molecular weight is 348 g/mol. The summed E-state index contributed by atoms with van der Waals surface area (Å²) in [6.07, 6.45) is 0. The van der Waals surface area contributed by atoms with Crippen molar-refractivity contribution >= 4 is 24.3 Å². The lowest BCUT2D eigenvalue weighted by atomic mass is 10.1. The minimum atomic E-state index is -6.00. The number of hydrogen-bond acceptors (Lipinski definition) is 0. The summed E-state index contributed by atoms with van der Waals surface area (Å²) >= 11 is 0. The van der Waals surface area contributed by atoms with Crippen molar-refractivity contribution in [3.63, 3.8) is 0 Å². The van der Waals surface area contributed by atoms with Crippen LogP contribution in [0.5, 0.6) is 0 Å². The molecule has 0 fully saturated rings. The van der Waals surface area contributed by atoms with Crippen LogP contribution in [0, 0.1) is 0 Å². The van der Waals surface area contributed by atoms with Crippen LogP contribution >= 0.6 is 0 Å². The normalized spacial score (nSPS) is 11.4. The minimum Gasteiger partial charge on any atom is -0.418 e. The van der Waals surface area contributed by atoms with Crippen LogP contribution in [0.4, 0.5) is 34.3 Å². The van der Waals surface area contributed by atoms with E-state index in [2.05, 4.69) is 98.0 Å². The Morgan fingerprint density at radius 2 is 0.760 bits per heavy atom. The first-order chi connectivity index (χ1) is 11.8. The zero-order valence-electron chi connectivity index (χ0n) is 14.7. The third kappa shape index (κ3) is 5.19. The van der Waals surface area contributed by atoms with Gasteiger partial charge in [-0.3, -0.25) is 0 Å². The molecule has 25 heavy (non-hydrogen) atoms. The Morgan fingerprint density at radius 1 is 0.560 bits per heavy atom. The van der Waals surface area contributed by atoms with E-state index in [9.17, 15) is 17.3 Å². The maximum atomic E-state index is 9.75. The molecule has 0 heterocycles. The Bertz CT molecular complexity index is 665. The van der Waals surface area contributed by atoms with E-state index in [1.807, 2.05) is 0 Å². The lowest BCUT2D eigenvalue weighted by Gasteiger charge is -2.33. The van der Waals surface area contributed by atoms with Crippen molar-refractivity contribution in [2.45, 2.75) is 0 Å². The summed E-state index contributed by atoms with van der Waals surface area (Å²) in [5, 5.41) is 0. The number of benzene rings is 3. The van der Waals surface area contributed by atoms with Gasteiger partial charge in [-0.2, -0.15) is 0 Å². The summed E-state index contributed by atoms with van der Waals surface area (Å²) in [5.74, 6) is 0. The number of halogens is 4. The molecule has 0 spiro atoms. The van der Waals surface area contributed by atoms with Crippen molar-refractivity contribution in [1.29, 1.82) is 0 Å². The minimum absolute atomic E-state index is 0. The molecule has 0 radical (unpaired) electrons. The molecule has 0 amide bonds. The van der Waals surface area contributed by atoms with Gasteiger partial charge in [-0.15, -0.1) is 0 Å². The Morgan fingerprint density at radius 3 is 0.960 bits per heavy atom. The topological polar surface area (TPSA) is 0 Å². The molecule has 0 saturated heterocycles. The monoisotopic (exact) mass is 348 g/mol. The molecule has 0 aromatic heterocycles. The summed E-state index contributed by atoms with van der Waals surface area (Å²) < 4.78 is 39.7. The van der Waals surface area contributed by atoms with E-state index in [-0.39, 0.29) is 1.43 Å².